The lowest BCUT2D eigenvalue weighted by Crippen LogP contribution is -1.87. The molecular formula is C8H6BrClN2O. The topological polar surface area (TPSA) is 38.9 Å². The molecule has 2 aromatic heterocycles. The molecule has 0 N–H and O–H groups in total. The summed E-state index contributed by atoms with van der Waals surface area (Å²) >= 11 is 9.22. The van der Waals surface area contributed by atoms with E-state index in [1.54, 1.807) is 6.92 Å². The van der Waals surface area contributed by atoms with Gasteiger partial charge in [0.25, 0.3) is 0 Å². The summed E-state index contributed by atoms with van der Waals surface area (Å²) in [6, 6.07) is 0. The fourth-order valence-electron chi connectivity index (χ4n) is 1.16. The molecule has 0 aliphatic rings. The van der Waals surface area contributed by atoms with Gasteiger partial charge in [-0.25, -0.2) is 4.98 Å². The summed E-state index contributed by atoms with van der Waals surface area (Å²) in [5, 5.41) is 1.22. The van der Waals surface area contributed by atoms with Crippen molar-refractivity contribution in [2.24, 2.45) is 0 Å². The highest BCUT2D eigenvalue weighted by Gasteiger charge is 2.13. The van der Waals surface area contributed by atoms with Crippen LogP contribution in [0.4, 0.5) is 0 Å². The largest absolute Gasteiger partial charge is 0.431 e. The van der Waals surface area contributed by atoms with Crippen molar-refractivity contribution in [1.82, 2.24) is 9.97 Å². The standard InChI is InChI=1S/C8H6BrClN2O/c1-3-5-7(10)11-4(2)12-8(5)13-6(3)9/h1-2H3. The SMILES string of the molecule is Cc1nc(Cl)c2c(C)c(Br)oc2n1. The minimum absolute atomic E-state index is 0.439. The predicted octanol–water partition coefficient (Wildman–Crippen LogP) is 3.26. The second-order valence-corrected chi connectivity index (χ2v) is 3.82. The Kier molecular flexibility index (Phi) is 2.04. The summed E-state index contributed by atoms with van der Waals surface area (Å²) in [6.07, 6.45) is 0. The molecule has 0 bridgehead atoms. The molecule has 0 spiro atoms. The number of furan rings is 1. The fraction of sp³-hybridized carbons (Fsp3) is 0.250. The molecule has 0 aromatic carbocycles. The van der Waals surface area contributed by atoms with Crippen LogP contribution in [-0.2, 0) is 0 Å². The molecule has 0 atom stereocenters. The van der Waals surface area contributed by atoms with Crippen LogP contribution < -0.4 is 0 Å². The van der Waals surface area contributed by atoms with Crippen molar-refractivity contribution < 1.29 is 4.42 Å². The Labute approximate surface area is 88.2 Å². The highest BCUT2D eigenvalue weighted by atomic mass is 79.9. The molecule has 13 heavy (non-hydrogen) atoms. The number of halogens is 2. The third-order valence-electron chi connectivity index (χ3n) is 1.80. The van der Waals surface area contributed by atoms with Gasteiger partial charge < -0.3 is 4.42 Å². The minimum atomic E-state index is 0.439. The first kappa shape index (κ1) is 8.97. The van der Waals surface area contributed by atoms with Gasteiger partial charge in [-0.15, -0.1) is 0 Å². The van der Waals surface area contributed by atoms with E-state index in [-0.39, 0.29) is 0 Å². The van der Waals surface area contributed by atoms with Crippen molar-refractivity contribution in [1.29, 1.82) is 0 Å². The zero-order chi connectivity index (χ0) is 9.59. The van der Waals surface area contributed by atoms with Gasteiger partial charge in [0, 0.05) is 5.56 Å². The molecule has 2 aromatic rings. The van der Waals surface area contributed by atoms with Crippen molar-refractivity contribution in [2.75, 3.05) is 0 Å². The van der Waals surface area contributed by atoms with Crippen LogP contribution in [0.5, 0.6) is 0 Å². The van der Waals surface area contributed by atoms with E-state index in [1.807, 2.05) is 6.92 Å². The van der Waals surface area contributed by atoms with E-state index in [9.17, 15) is 0 Å². The molecule has 3 nitrogen and oxygen atoms in total. The predicted molar refractivity (Wildman–Crippen MR) is 54.0 cm³/mol. The maximum atomic E-state index is 5.95. The highest BCUT2D eigenvalue weighted by molar-refractivity contribution is 9.10. The van der Waals surface area contributed by atoms with E-state index < -0.39 is 0 Å². The van der Waals surface area contributed by atoms with Crippen LogP contribution in [-0.4, -0.2) is 9.97 Å². The average Bonchev–Trinajstić information content (AvgIpc) is 2.27. The van der Waals surface area contributed by atoms with Crippen LogP contribution in [0.3, 0.4) is 0 Å². The van der Waals surface area contributed by atoms with Crippen molar-refractivity contribution in [3.05, 3.63) is 21.2 Å². The quantitative estimate of drug-likeness (QED) is 0.683. The molecule has 0 radical (unpaired) electrons. The number of aryl methyl sites for hydroxylation is 2. The van der Waals surface area contributed by atoms with E-state index in [2.05, 4.69) is 25.9 Å². The number of hydrogen-bond donors (Lipinski definition) is 0. The smallest absolute Gasteiger partial charge is 0.232 e. The molecule has 2 heterocycles. The Morgan fingerprint density at radius 1 is 1.31 bits per heavy atom. The maximum Gasteiger partial charge on any atom is 0.232 e. The lowest BCUT2D eigenvalue weighted by molar-refractivity contribution is 0.571. The van der Waals surface area contributed by atoms with Crippen LogP contribution in [0, 0.1) is 13.8 Å². The first-order valence-corrected chi connectivity index (χ1v) is 4.85. The molecular weight excluding hydrogens is 255 g/mol. The van der Waals surface area contributed by atoms with E-state index in [0.717, 1.165) is 10.9 Å². The minimum Gasteiger partial charge on any atom is -0.431 e. The summed E-state index contributed by atoms with van der Waals surface area (Å²) in [7, 11) is 0. The Balaban J connectivity index is 2.94. The summed E-state index contributed by atoms with van der Waals surface area (Å²) in [6.45, 7) is 3.68. The highest BCUT2D eigenvalue weighted by Crippen LogP contribution is 2.31. The number of nitrogens with zero attached hydrogens (tertiary/aromatic N) is 2. The van der Waals surface area contributed by atoms with Gasteiger partial charge in [0.1, 0.15) is 11.0 Å². The molecule has 0 saturated carbocycles. The Morgan fingerprint density at radius 2 is 2.00 bits per heavy atom. The normalized spacial score (nSPS) is 11.1. The maximum absolute atomic E-state index is 5.95. The molecule has 0 aliphatic heterocycles. The van der Waals surface area contributed by atoms with Crippen molar-refractivity contribution in [3.63, 3.8) is 0 Å². The van der Waals surface area contributed by atoms with Crippen molar-refractivity contribution in [3.8, 4) is 0 Å². The van der Waals surface area contributed by atoms with Crippen LogP contribution >= 0.6 is 27.5 Å². The van der Waals surface area contributed by atoms with Gasteiger partial charge in [-0.1, -0.05) is 11.6 Å². The Morgan fingerprint density at radius 3 is 2.69 bits per heavy atom. The molecule has 68 valence electrons. The summed E-state index contributed by atoms with van der Waals surface area (Å²) < 4.78 is 6.00. The van der Waals surface area contributed by atoms with Crippen LogP contribution in [0.25, 0.3) is 11.1 Å². The second kappa shape index (κ2) is 2.96. The molecule has 0 saturated heterocycles. The van der Waals surface area contributed by atoms with Gasteiger partial charge >= 0.3 is 0 Å². The molecule has 0 aliphatic carbocycles. The number of rotatable bonds is 0. The van der Waals surface area contributed by atoms with E-state index in [0.29, 0.717) is 21.4 Å². The van der Waals surface area contributed by atoms with Crippen LogP contribution in [0.15, 0.2) is 9.09 Å². The molecule has 0 amide bonds. The Hall–Kier alpha value is -0.610. The van der Waals surface area contributed by atoms with Gasteiger partial charge in [0.15, 0.2) is 4.67 Å². The van der Waals surface area contributed by atoms with E-state index in [1.165, 1.54) is 0 Å². The first-order chi connectivity index (χ1) is 6.09. The molecule has 5 heteroatoms. The number of fused-ring (bicyclic) bond motifs is 1. The lowest BCUT2D eigenvalue weighted by atomic mass is 10.3. The van der Waals surface area contributed by atoms with Crippen molar-refractivity contribution >= 4 is 38.6 Å². The fourth-order valence-corrected chi connectivity index (χ4v) is 1.86. The average molecular weight is 262 g/mol. The summed E-state index contributed by atoms with van der Waals surface area (Å²) in [5.41, 5.74) is 1.46. The lowest BCUT2D eigenvalue weighted by Gasteiger charge is -1.94. The third kappa shape index (κ3) is 1.34. The Bertz CT molecular complexity index is 480. The monoisotopic (exact) mass is 260 g/mol. The summed E-state index contributed by atoms with van der Waals surface area (Å²) in [4.78, 5) is 8.18. The van der Waals surface area contributed by atoms with Gasteiger partial charge in [0.2, 0.25) is 5.71 Å². The van der Waals surface area contributed by atoms with E-state index in [4.69, 9.17) is 16.0 Å². The van der Waals surface area contributed by atoms with Gasteiger partial charge in [-0.05, 0) is 29.8 Å². The van der Waals surface area contributed by atoms with Gasteiger partial charge in [-0.2, -0.15) is 4.98 Å². The zero-order valence-corrected chi connectivity index (χ0v) is 9.40. The number of aromatic nitrogens is 2. The zero-order valence-electron chi connectivity index (χ0n) is 7.06. The van der Waals surface area contributed by atoms with Crippen LogP contribution in [0.2, 0.25) is 5.15 Å². The van der Waals surface area contributed by atoms with E-state index >= 15 is 0 Å². The first-order valence-electron chi connectivity index (χ1n) is 3.68. The van der Waals surface area contributed by atoms with Crippen LogP contribution in [0.1, 0.15) is 11.4 Å². The number of hydrogen-bond acceptors (Lipinski definition) is 3. The van der Waals surface area contributed by atoms with Gasteiger partial charge in [0.05, 0.1) is 5.39 Å². The molecule has 0 fully saturated rings. The van der Waals surface area contributed by atoms with Crippen molar-refractivity contribution in [2.45, 2.75) is 13.8 Å². The van der Waals surface area contributed by atoms with Gasteiger partial charge in [-0.3, -0.25) is 0 Å². The summed E-state index contributed by atoms with van der Waals surface area (Å²) in [5.74, 6) is 0.610. The molecule has 2 rings (SSSR count). The second-order valence-electron chi connectivity index (χ2n) is 2.74. The third-order valence-corrected chi connectivity index (χ3v) is 2.83. The molecule has 0 unspecified atom stereocenters.